The Balaban J connectivity index is 1.67. The number of amides is 2. The maximum absolute atomic E-state index is 12.6. The van der Waals surface area contributed by atoms with Crippen LogP contribution >= 0.6 is 0 Å². The summed E-state index contributed by atoms with van der Waals surface area (Å²) in [5.74, 6) is -1.58. The van der Waals surface area contributed by atoms with Crippen molar-refractivity contribution in [3.63, 3.8) is 0 Å². The first kappa shape index (κ1) is 18.6. The number of carbonyl (C=O) groups is 3. The van der Waals surface area contributed by atoms with Gasteiger partial charge in [0.25, 0.3) is 0 Å². The van der Waals surface area contributed by atoms with Crippen molar-refractivity contribution in [2.75, 3.05) is 16.8 Å². The smallest absolute Gasteiger partial charge is 0.307 e. The van der Waals surface area contributed by atoms with Crippen LogP contribution in [-0.2, 0) is 20.8 Å². The number of nitrogens with zero attached hydrogens (tertiary/aromatic N) is 1. The molecule has 1 fully saturated rings. The van der Waals surface area contributed by atoms with E-state index in [-0.39, 0.29) is 24.7 Å². The molecule has 1 unspecified atom stereocenters. The van der Waals surface area contributed by atoms with Crippen LogP contribution in [0.4, 0.5) is 11.4 Å². The Morgan fingerprint density at radius 2 is 1.85 bits per heavy atom. The van der Waals surface area contributed by atoms with Crippen LogP contribution < -0.4 is 10.2 Å². The number of aliphatic carboxylic acids is 1. The van der Waals surface area contributed by atoms with Crippen LogP contribution in [0.25, 0.3) is 0 Å². The van der Waals surface area contributed by atoms with Crippen molar-refractivity contribution >= 4 is 29.2 Å². The molecule has 2 aromatic rings. The lowest BCUT2D eigenvalue weighted by Crippen LogP contribution is -2.28. The van der Waals surface area contributed by atoms with Crippen molar-refractivity contribution in [2.45, 2.75) is 26.7 Å². The van der Waals surface area contributed by atoms with Crippen molar-refractivity contribution in [3.05, 3.63) is 59.2 Å². The molecule has 1 aliphatic heterocycles. The second-order valence-corrected chi connectivity index (χ2v) is 6.88. The van der Waals surface area contributed by atoms with Crippen molar-refractivity contribution < 1.29 is 19.5 Å². The molecule has 6 nitrogen and oxygen atoms in total. The summed E-state index contributed by atoms with van der Waals surface area (Å²) in [5, 5.41) is 11.6. The Kier molecular flexibility index (Phi) is 5.26. The lowest BCUT2D eigenvalue weighted by molar-refractivity contribution is -0.136. The van der Waals surface area contributed by atoms with E-state index < -0.39 is 11.9 Å². The van der Waals surface area contributed by atoms with Crippen LogP contribution in [0.15, 0.2) is 42.5 Å². The SMILES string of the molecule is Cc1cccc(N2CC(C(=O)Nc3ccc(CC(=O)O)cc3)CC2=O)c1C. The van der Waals surface area contributed by atoms with E-state index in [4.69, 9.17) is 5.11 Å². The zero-order valence-corrected chi connectivity index (χ0v) is 15.4. The van der Waals surface area contributed by atoms with Gasteiger partial charge in [0.2, 0.25) is 11.8 Å². The fourth-order valence-corrected chi connectivity index (χ4v) is 3.27. The maximum Gasteiger partial charge on any atom is 0.307 e. The van der Waals surface area contributed by atoms with E-state index in [1.54, 1.807) is 29.2 Å². The Morgan fingerprint density at radius 1 is 1.15 bits per heavy atom. The summed E-state index contributed by atoms with van der Waals surface area (Å²) in [4.78, 5) is 37.4. The summed E-state index contributed by atoms with van der Waals surface area (Å²) in [6, 6.07) is 12.5. The highest BCUT2D eigenvalue weighted by atomic mass is 16.4. The van der Waals surface area contributed by atoms with Crippen LogP contribution in [-0.4, -0.2) is 29.4 Å². The largest absolute Gasteiger partial charge is 0.481 e. The molecule has 0 saturated carbocycles. The number of benzene rings is 2. The third-order valence-corrected chi connectivity index (χ3v) is 4.94. The third-order valence-electron chi connectivity index (χ3n) is 4.94. The first-order valence-corrected chi connectivity index (χ1v) is 8.83. The molecule has 1 heterocycles. The van der Waals surface area contributed by atoms with Crippen LogP contribution in [0, 0.1) is 19.8 Å². The molecular weight excluding hydrogens is 344 g/mol. The number of hydrogen-bond donors (Lipinski definition) is 2. The molecule has 6 heteroatoms. The summed E-state index contributed by atoms with van der Waals surface area (Å²) < 4.78 is 0. The minimum atomic E-state index is -0.900. The predicted molar refractivity (Wildman–Crippen MR) is 103 cm³/mol. The summed E-state index contributed by atoms with van der Waals surface area (Å²) >= 11 is 0. The molecule has 2 amide bonds. The number of hydrogen-bond acceptors (Lipinski definition) is 3. The molecule has 1 atom stereocenters. The molecule has 27 heavy (non-hydrogen) atoms. The average molecular weight is 366 g/mol. The van der Waals surface area contributed by atoms with Gasteiger partial charge in [-0.1, -0.05) is 24.3 Å². The van der Waals surface area contributed by atoms with E-state index in [2.05, 4.69) is 5.32 Å². The number of carboxylic acids is 1. The lowest BCUT2D eigenvalue weighted by Gasteiger charge is -2.20. The number of rotatable bonds is 5. The van der Waals surface area contributed by atoms with Gasteiger partial charge < -0.3 is 15.3 Å². The summed E-state index contributed by atoms with van der Waals surface area (Å²) in [7, 11) is 0. The van der Waals surface area contributed by atoms with Gasteiger partial charge in [-0.3, -0.25) is 14.4 Å². The Hall–Kier alpha value is -3.15. The molecular formula is C21H22N2O4. The van der Waals surface area contributed by atoms with Crippen LogP contribution in [0.1, 0.15) is 23.1 Å². The highest BCUT2D eigenvalue weighted by molar-refractivity contribution is 6.03. The minimum Gasteiger partial charge on any atom is -0.481 e. The van der Waals surface area contributed by atoms with E-state index in [1.165, 1.54) is 0 Å². The number of carboxylic acid groups (broad SMARTS) is 1. The van der Waals surface area contributed by atoms with Crippen molar-refractivity contribution in [1.29, 1.82) is 0 Å². The Labute approximate surface area is 157 Å². The highest BCUT2D eigenvalue weighted by Gasteiger charge is 2.35. The van der Waals surface area contributed by atoms with E-state index in [9.17, 15) is 14.4 Å². The highest BCUT2D eigenvalue weighted by Crippen LogP contribution is 2.30. The van der Waals surface area contributed by atoms with Gasteiger partial charge in [-0.05, 0) is 48.7 Å². The minimum absolute atomic E-state index is 0.0549. The standard InChI is InChI=1S/C21H22N2O4/c1-13-4-3-5-18(14(13)2)23-12-16(11-19(23)24)21(27)22-17-8-6-15(7-9-17)10-20(25)26/h3-9,16H,10-12H2,1-2H3,(H,22,27)(H,25,26). The first-order valence-electron chi connectivity index (χ1n) is 8.83. The molecule has 2 aromatic carbocycles. The van der Waals surface area contributed by atoms with Gasteiger partial charge in [0, 0.05) is 24.3 Å². The molecule has 0 bridgehead atoms. The maximum atomic E-state index is 12.6. The molecule has 1 aliphatic rings. The van der Waals surface area contributed by atoms with Crippen molar-refractivity contribution in [3.8, 4) is 0 Å². The Bertz CT molecular complexity index is 890. The quantitative estimate of drug-likeness (QED) is 0.852. The van der Waals surface area contributed by atoms with Gasteiger partial charge >= 0.3 is 5.97 Å². The number of nitrogens with one attached hydrogen (secondary N) is 1. The van der Waals surface area contributed by atoms with E-state index >= 15 is 0 Å². The Morgan fingerprint density at radius 3 is 2.52 bits per heavy atom. The van der Waals surface area contributed by atoms with Crippen LogP contribution in [0.2, 0.25) is 0 Å². The molecule has 3 rings (SSSR count). The molecule has 0 aromatic heterocycles. The zero-order valence-electron chi connectivity index (χ0n) is 15.4. The number of anilines is 2. The van der Waals surface area contributed by atoms with Crippen molar-refractivity contribution in [2.24, 2.45) is 5.92 Å². The monoisotopic (exact) mass is 366 g/mol. The summed E-state index contributed by atoms with van der Waals surface area (Å²) in [6.45, 7) is 4.33. The fraction of sp³-hybridized carbons (Fsp3) is 0.286. The second kappa shape index (κ2) is 7.61. The molecule has 2 N–H and O–H groups in total. The van der Waals surface area contributed by atoms with Gasteiger partial charge in [-0.2, -0.15) is 0 Å². The predicted octanol–water partition coefficient (Wildman–Crippen LogP) is 2.92. The zero-order chi connectivity index (χ0) is 19.6. The molecule has 140 valence electrons. The summed E-state index contributed by atoms with van der Waals surface area (Å²) in [6.07, 6.45) is 0.118. The van der Waals surface area contributed by atoms with Gasteiger partial charge in [-0.25, -0.2) is 0 Å². The van der Waals surface area contributed by atoms with E-state index in [1.807, 2.05) is 32.0 Å². The summed E-state index contributed by atoms with van der Waals surface area (Å²) in [5.41, 5.74) is 4.26. The molecule has 1 saturated heterocycles. The van der Waals surface area contributed by atoms with Gasteiger partial charge in [0.15, 0.2) is 0 Å². The number of carbonyl (C=O) groups excluding carboxylic acids is 2. The molecule has 0 aliphatic carbocycles. The normalized spacial score (nSPS) is 16.4. The van der Waals surface area contributed by atoms with Crippen LogP contribution in [0.5, 0.6) is 0 Å². The molecule has 0 radical (unpaired) electrons. The van der Waals surface area contributed by atoms with E-state index in [0.29, 0.717) is 17.8 Å². The second-order valence-electron chi connectivity index (χ2n) is 6.88. The third kappa shape index (κ3) is 4.16. The van der Waals surface area contributed by atoms with Crippen molar-refractivity contribution in [1.82, 2.24) is 0 Å². The van der Waals surface area contributed by atoms with E-state index in [0.717, 1.165) is 16.8 Å². The average Bonchev–Trinajstić information content (AvgIpc) is 3.00. The number of aryl methyl sites for hydroxylation is 1. The molecule has 0 spiro atoms. The lowest BCUT2D eigenvalue weighted by atomic mass is 10.1. The van der Waals surface area contributed by atoms with Crippen LogP contribution in [0.3, 0.4) is 0 Å². The fourth-order valence-electron chi connectivity index (χ4n) is 3.27. The van der Waals surface area contributed by atoms with Gasteiger partial charge in [0.05, 0.1) is 12.3 Å². The van der Waals surface area contributed by atoms with Gasteiger partial charge in [-0.15, -0.1) is 0 Å². The topological polar surface area (TPSA) is 86.7 Å². The van der Waals surface area contributed by atoms with Gasteiger partial charge in [0.1, 0.15) is 0 Å². The first-order chi connectivity index (χ1) is 12.8.